The van der Waals surface area contributed by atoms with Gasteiger partial charge in [0, 0.05) is 7.05 Å². The average Bonchev–Trinajstić information content (AvgIpc) is 2.63. The first kappa shape index (κ1) is 11.8. The van der Waals surface area contributed by atoms with Crippen molar-refractivity contribution in [1.82, 2.24) is 10.2 Å². The van der Waals surface area contributed by atoms with Crippen molar-refractivity contribution >= 4 is 6.01 Å². The molecule has 1 aromatic rings. The fraction of sp³-hybridized carbons (Fsp3) is 0.714. The molecule has 2 N–H and O–H groups in total. The number of halogens is 3. The molecular weight excluding hydrogens is 215 g/mol. The Bertz CT molecular complexity index is 338. The summed E-state index contributed by atoms with van der Waals surface area (Å²) in [5.41, 5.74) is -3.09. The smallest absolute Gasteiger partial charge is 0.405 e. The predicted octanol–water partition coefficient (Wildman–Crippen LogP) is 1.27. The monoisotopic (exact) mass is 225 g/mol. The van der Waals surface area contributed by atoms with E-state index in [2.05, 4.69) is 19.9 Å². The molecule has 0 fully saturated rings. The van der Waals surface area contributed by atoms with Crippen LogP contribution >= 0.6 is 0 Å². The van der Waals surface area contributed by atoms with Crippen LogP contribution in [0.5, 0.6) is 0 Å². The highest BCUT2D eigenvalue weighted by molar-refractivity contribution is 5.16. The molecule has 0 radical (unpaired) electrons. The lowest BCUT2D eigenvalue weighted by Gasteiger charge is -2.25. The van der Waals surface area contributed by atoms with E-state index < -0.39 is 24.1 Å². The number of nitrogens with zero attached hydrogens (tertiary/aromatic N) is 2. The molecule has 8 heteroatoms. The van der Waals surface area contributed by atoms with Gasteiger partial charge in [0.2, 0.25) is 5.60 Å². The maximum atomic E-state index is 12.5. The van der Waals surface area contributed by atoms with Gasteiger partial charge in [0.1, 0.15) is 0 Å². The van der Waals surface area contributed by atoms with Crippen molar-refractivity contribution in [3.63, 3.8) is 0 Å². The van der Waals surface area contributed by atoms with Gasteiger partial charge in [0.25, 0.3) is 5.89 Å². The highest BCUT2D eigenvalue weighted by Crippen LogP contribution is 2.40. The molecule has 0 saturated heterocycles. The lowest BCUT2D eigenvalue weighted by molar-refractivity contribution is -0.275. The third kappa shape index (κ3) is 1.89. The fourth-order valence-electron chi connectivity index (χ4n) is 0.964. The SMILES string of the molecule is CCC(O)(c1nnc(NC)o1)C(F)(F)F. The largest absolute Gasteiger partial charge is 0.426 e. The van der Waals surface area contributed by atoms with Crippen LogP contribution in [-0.4, -0.2) is 28.5 Å². The van der Waals surface area contributed by atoms with Crippen LogP contribution in [0.3, 0.4) is 0 Å². The molecular formula is C7H10F3N3O2. The summed E-state index contributed by atoms with van der Waals surface area (Å²) in [6.45, 7) is 1.18. The Kier molecular flexibility index (Phi) is 2.89. The summed E-state index contributed by atoms with van der Waals surface area (Å²) in [6, 6.07) is -0.180. The van der Waals surface area contributed by atoms with E-state index in [0.29, 0.717) is 0 Å². The average molecular weight is 225 g/mol. The van der Waals surface area contributed by atoms with E-state index in [1.807, 2.05) is 0 Å². The number of aliphatic hydroxyl groups is 1. The Morgan fingerprint density at radius 1 is 1.40 bits per heavy atom. The molecule has 86 valence electrons. The lowest BCUT2D eigenvalue weighted by atomic mass is 10.0. The number of rotatable bonds is 3. The number of hydrogen-bond acceptors (Lipinski definition) is 5. The van der Waals surface area contributed by atoms with Crippen molar-refractivity contribution in [2.24, 2.45) is 0 Å². The standard InChI is InChI=1S/C7H10F3N3O2/c1-3-6(14,7(8,9)10)4-12-13-5(11-2)15-4/h14H,3H2,1-2H3,(H,11,13). The second-order valence-corrected chi connectivity index (χ2v) is 2.87. The van der Waals surface area contributed by atoms with Crippen molar-refractivity contribution in [1.29, 1.82) is 0 Å². The maximum absolute atomic E-state index is 12.5. The van der Waals surface area contributed by atoms with Crippen LogP contribution in [0.15, 0.2) is 4.42 Å². The third-order valence-corrected chi connectivity index (χ3v) is 1.97. The van der Waals surface area contributed by atoms with Crippen molar-refractivity contribution in [2.45, 2.75) is 25.1 Å². The van der Waals surface area contributed by atoms with E-state index in [0.717, 1.165) is 0 Å². The number of alkyl halides is 3. The second kappa shape index (κ2) is 3.69. The van der Waals surface area contributed by atoms with Gasteiger partial charge in [0.15, 0.2) is 0 Å². The van der Waals surface area contributed by atoms with Crippen molar-refractivity contribution in [3.8, 4) is 0 Å². The third-order valence-electron chi connectivity index (χ3n) is 1.97. The molecule has 1 rings (SSSR count). The molecule has 0 spiro atoms. The summed E-state index contributed by atoms with van der Waals surface area (Å²) in [5, 5.41) is 18.2. The van der Waals surface area contributed by atoms with E-state index in [4.69, 9.17) is 0 Å². The highest BCUT2D eigenvalue weighted by atomic mass is 19.4. The van der Waals surface area contributed by atoms with Crippen LogP contribution in [0.1, 0.15) is 19.2 Å². The molecule has 1 unspecified atom stereocenters. The minimum Gasteiger partial charge on any atom is -0.405 e. The van der Waals surface area contributed by atoms with Gasteiger partial charge < -0.3 is 14.8 Å². The van der Waals surface area contributed by atoms with Gasteiger partial charge >= 0.3 is 12.2 Å². The van der Waals surface area contributed by atoms with E-state index in [9.17, 15) is 18.3 Å². The van der Waals surface area contributed by atoms with Crippen LogP contribution in [0, 0.1) is 0 Å². The molecule has 1 aromatic heterocycles. The molecule has 1 heterocycles. The van der Waals surface area contributed by atoms with E-state index in [1.165, 1.54) is 14.0 Å². The Morgan fingerprint density at radius 2 is 2.00 bits per heavy atom. The molecule has 0 aromatic carbocycles. The molecule has 1 atom stereocenters. The quantitative estimate of drug-likeness (QED) is 0.810. The summed E-state index contributed by atoms with van der Waals surface area (Å²) in [5.74, 6) is -0.859. The zero-order valence-corrected chi connectivity index (χ0v) is 8.09. The predicted molar refractivity (Wildman–Crippen MR) is 44.1 cm³/mol. The highest BCUT2D eigenvalue weighted by Gasteiger charge is 2.57. The van der Waals surface area contributed by atoms with E-state index >= 15 is 0 Å². The van der Waals surface area contributed by atoms with Crippen LogP contribution in [0.2, 0.25) is 0 Å². The Hall–Kier alpha value is -1.31. The normalized spacial score (nSPS) is 16.1. The lowest BCUT2D eigenvalue weighted by Crippen LogP contribution is -2.42. The Labute approximate surface area is 83.3 Å². The van der Waals surface area contributed by atoms with Crippen LogP contribution in [0.25, 0.3) is 0 Å². The summed E-state index contributed by atoms with van der Waals surface area (Å²) in [6.07, 6.45) is -5.44. The van der Waals surface area contributed by atoms with Crippen LogP contribution in [-0.2, 0) is 5.60 Å². The van der Waals surface area contributed by atoms with Crippen LogP contribution in [0.4, 0.5) is 19.2 Å². The summed E-state index contributed by atoms with van der Waals surface area (Å²) >= 11 is 0. The first-order chi connectivity index (χ1) is 6.85. The van der Waals surface area contributed by atoms with Gasteiger partial charge in [0.05, 0.1) is 0 Å². The zero-order valence-electron chi connectivity index (χ0n) is 8.09. The van der Waals surface area contributed by atoms with Gasteiger partial charge in [-0.25, -0.2) is 0 Å². The number of hydrogen-bond donors (Lipinski definition) is 2. The minimum absolute atomic E-state index is 0.180. The van der Waals surface area contributed by atoms with Crippen molar-refractivity contribution < 1.29 is 22.7 Å². The van der Waals surface area contributed by atoms with Gasteiger partial charge in [-0.3, -0.25) is 0 Å². The molecule has 0 aliphatic rings. The molecule has 0 aliphatic heterocycles. The summed E-state index contributed by atoms with van der Waals surface area (Å²) in [7, 11) is 1.41. The molecule has 5 nitrogen and oxygen atoms in total. The summed E-state index contributed by atoms with van der Waals surface area (Å²) < 4.78 is 42.1. The van der Waals surface area contributed by atoms with Gasteiger partial charge in [-0.2, -0.15) is 13.2 Å². The molecule has 0 saturated carbocycles. The second-order valence-electron chi connectivity index (χ2n) is 2.87. The zero-order chi connectivity index (χ0) is 11.7. The maximum Gasteiger partial charge on any atom is 0.426 e. The molecule has 0 aliphatic carbocycles. The van der Waals surface area contributed by atoms with Gasteiger partial charge in [-0.15, -0.1) is 5.10 Å². The molecule has 0 bridgehead atoms. The van der Waals surface area contributed by atoms with E-state index in [1.54, 1.807) is 0 Å². The minimum atomic E-state index is -4.85. The first-order valence-electron chi connectivity index (χ1n) is 4.16. The van der Waals surface area contributed by atoms with Gasteiger partial charge in [-0.1, -0.05) is 12.0 Å². The number of nitrogens with one attached hydrogen (secondary N) is 1. The molecule has 0 amide bonds. The Morgan fingerprint density at radius 3 is 2.33 bits per heavy atom. The topological polar surface area (TPSA) is 71.2 Å². The summed E-state index contributed by atoms with van der Waals surface area (Å²) in [4.78, 5) is 0. The number of anilines is 1. The molecule has 15 heavy (non-hydrogen) atoms. The van der Waals surface area contributed by atoms with E-state index in [-0.39, 0.29) is 6.01 Å². The van der Waals surface area contributed by atoms with Crippen molar-refractivity contribution in [3.05, 3.63) is 5.89 Å². The Balaban J connectivity index is 3.11. The number of aromatic nitrogens is 2. The fourth-order valence-corrected chi connectivity index (χ4v) is 0.964. The van der Waals surface area contributed by atoms with Gasteiger partial charge in [-0.05, 0) is 6.42 Å². The van der Waals surface area contributed by atoms with Crippen molar-refractivity contribution in [2.75, 3.05) is 12.4 Å². The van der Waals surface area contributed by atoms with Crippen LogP contribution < -0.4 is 5.32 Å². The first-order valence-corrected chi connectivity index (χ1v) is 4.16.